The first-order chi connectivity index (χ1) is 11.5. The van der Waals surface area contributed by atoms with Crippen molar-refractivity contribution in [1.29, 1.82) is 0 Å². The molecule has 3 fully saturated rings. The first kappa shape index (κ1) is 17.0. The summed E-state index contributed by atoms with van der Waals surface area (Å²) in [6.45, 7) is 2.86. The number of aliphatic carboxylic acids is 1. The van der Waals surface area contributed by atoms with E-state index in [4.69, 9.17) is 5.11 Å². The lowest BCUT2D eigenvalue weighted by Gasteiger charge is -2.35. The van der Waals surface area contributed by atoms with Crippen molar-refractivity contribution in [2.45, 2.75) is 51.0 Å². The fourth-order valence-electron chi connectivity index (χ4n) is 4.13. The summed E-state index contributed by atoms with van der Waals surface area (Å²) in [5.41, 5.74) is 0. The molecule has 1 unspecified atom stereocenters. The maximum atomic E-state index is 12.5. The molecule has 0 spiro atoms. The monoisotopic (exact) mass is 337 g/mol. The van der Waals surface area contributed by atoms with Gasteiger partial charge in [0.2, 0.25) is 5.91 Å². The Balaban J connectivity index is 1.50. The van der Waals surface area contributed by atoms with Crippen molar-refractivity contribution < 1.29 is 19.5 Å². The number of amides is 3. The first-order valence-electron chi connectivity index (χ1n) is 9.11. The van der Waals surface area contributed by atoms with Crippen LogP contribution in [0.4, 0.5) is 4.79 Å². The van der Waals surface area contributed by atoms with Crippen molar-refractivity contribution in [3.05, 3.63) is 0 Å². The number of carbonyl (C=O) groups excluding carboxylic acids is 2. The summed E-state index contributed by atoms with van der Waals surface area (Å²) in [4.78, 5) is 39.7. The Labute approximate surface area is 142 Å². The second kappa shape index (κ2) is 7.40. The van der Waals surface area contributed by atoms with Gasteiger partial charge in [-0.3, -0.25) is 9.59 Å². The third-order valence-electron chi connectivity index (χ3n) is 5.57. The van der Waals surface area contributed by atoms with Crippen molar-refractivity contribution in [2.75, 3.05) is 26.2 Å². The quantitative estimate of drug-likeness (QED) is 0.812. The van der Waals surface area contributed by atoms with Crippen LogP contribution in [-0.4, -0.2) is 65.0 Å². The molecule has 134 valence electrons. The highest BCUT2D eigenvalue weighted by molar-refractivity contribution is 5.81. The zero-order valence-electron chi connectivity index (χ0n) is 14.1. The van der Waals surface area contributed by atoms with E-state index in [9.17, 15) is 14.4 Å². The van der Waals surface area contributed by atoms with Gasteiger partial charge in [-0.25, -0.2) is 4.79 Å². The average molecular weight is 337 g/mol. The van der Waals surface area contributed by atoms with Gasteiger partial charge >= 0.3 is 12.0 Å². The van der Waals surface area contributed by atoms with E-state index in [2.05, 4.69) is 5.32 Å². The van der Waals surface area contributed by atoms with Gasteiger partial charge in [0.05, 0.1) is 11.8 Å². The predicted molar refractivity (Wildman–Crippen MR) is 87.4 cm³/mol. The Morgan fingerprint density at radius 2 is 1.58 bits per heavy atom. The molecule has 2 saturated heterocycles. The molecular weight excluding hydrogens is 310 g/mol. The summed E-state index contributed by atoms with van der Waals surface area (Å²) >= 11 is 0. The van der Waals surface area contributed by atoms with Gasteiger partial charge < -0.3 is 20.2 Å². The number of hydrogen-bond acceptors (Lipinski definition) is 3. The maximum absolute atomic E-state index is 12.5. The number of nitrogens with zero attached hydrogens (tertiary/aromatic N) is 2. The molecule has 0 aromatic rings. The van der Waals surface area contributed by atoms with Gasteiger partial charge in [0.25, 0.3) is 0 Å². The molecule has 24 heavy (non-hydrogen) atoms. The summed E-state index contributed by atoms with van der Waals surface area (Å²) < 4.78 is 0. The number of carbonyl (C=O) groups is 3. The highest BCUT2D eigenvalue weighted by Gasteiger charge is 2.35. The smallest absolute Gasteiger partial charge is 0.320 e. The zero-order valence-corrected chi connectivity index (χ0v) is 14.1. The average Bonchev–Trinajstić information content (AvgIpc) is 3.26. The Hall–Kier alpha value is -1.79. The molecule has 3 aliphatic rings. The summed E-state index contributed by atoms with van der Waals surface area (Å²) in [6.07, 6.45) is 5.65. The van der Waals surface area contributed by atoms with Gasteiger partial charge in [-0.15, -0.1) is 0 Å². The molecule has 2 N–H and O–H groups in total. The Bertz CT molecular complexity index is 504. The number of nitrogens with one attached hydrogen (secondary N) is 1. The molecule has 0 bridgehead atoms. The van der Waals surface area contributed by atoms with Crippen LogP contribution in [0.1, 0.15) is 44.9 Å². The number of likely N-dealkylation sites (tertiary alicyclic amines) is 2. The molecule has 1 aliphatic carbocycles. The van der Waals surface area contributed by atoms with Crippen molar-refractivity contribution in [3.63, 3.8) is 0 Å². The van der Waals surface area contributed by atoms with E-state index in [0.717, 1.165) is 51.7 Å². The van der Waals surface area contributed by atoms with Gasteiger partial charge in [0, 0.05) is 32.2 Å². The van der Waals surface area contributed by atoms with Crippen LogP contribution in [0.3, 0.4) is 0 Å². The SMILES string of the molecule is O=C(N[C@H]1CC[C@@H](C(=O)O)C1)C1CCCN(C(=O)N2CCCC2)C1. The van der Waals surface area contributed by atoms with Crippen molar-refractivity contribution in [2.24, 2.45) is 11.8 Å². The second-order valence-electron chi connectivity index (χ2n) is 7.32. The largest absolute Gasteiger partial charge is 0.481 e. The number of rotatable bonds is 3. The Kier molecular flexibility index (Phi) is 5.26. The van der Waals surface area contributed by atoms with Gasteiger partial charge in [0.1, 0.15) is 0 Å². The van der Waals surface area contributed by atoms with E-state index < -0.39 is 5.97 Å². The van der Waals surface area contributed by atoms with Crippen LogP contribution in [0.5, 0.6) is 0 Å². The molecular formula is C17H27N3O4. The lowest BCUT2D eigenvalue weighted by molar-refractivity contribution is -0.141. The summed E-state index contributed by atoms with van der Waals surface area (Å²) in [7, 11) is 0. The first-order valence-corrected chi connectivity index (χ1v) is 9.11. The van der Waals surface area contributed by atoms with Gasteiger partial charge in [-0.1, -0.05) is 0 Å². The minimum absolute atomic E-state index is 0.0232. The standard InChI is InChI=1S/C17H27N3O4/c21-15(18-14-6-5-12(10-14)16(22)23)13-4-3-9-20(11-13)17(24)19-7-1-2-8-19/h12-14H,1-11H2,(H,18,21)(H,22,23)/t12-,13?,14+/m1/s1. The van der Waals surface area contributed by atoms with Crippen LogP contribution in [-0.2, 0) is 9.59 Å². The molecule has 1 saturated carbocycles. The van der Waals surface area contributed by atoms with Crippen molar-refractivity contribution in [1.82, 2.24) is 15.1 Å². The fraction of sp³-hybridized carbons (Fsp3) is 0.824. The summed E-state index contributed by atoms with van der Waals surface area (Å²) in [5.74, 6) is -1.30. The minimum atomic E-state index is -0.771. The molecule has 7 heteroatoms. The van der Waals surface area contributed by atoms with E-state index in [1.807, 2.05) is 9.80 Å². The molecule has 0 aromatic heterocycles. The van der Waals surface area contributed by atoms with Crippen molar-refractivity contribution >= 4 is 17.9 Å². The summed E-state index contributed by atoms with van der Waals surface area (Å²) in [6, 6.07) is 0.0278. The lowest BCUT2D eigenvalue weighted by Crippen LogP contribution is -2.50. The van der Waals surface area contributed by atoms with Gasteiger partial charge in [0.15, 0.2) is 0 Å². The highest BCUT2D eigenvalue weighted by Crippen LogP contribution is 2.27. The van der Waals surface area contributed by atoms with E-state index in [1.54, 1.807) is 0 Å². The summed E-state index contributed by atoms with van der Waals surface area (Å²) in [5, 5.41) is 12.1. The zero-order chi connectivity index (χ0) is 17.1. The molecule has 2 aliphatic heterocycles. The number of urea groups is 1. The van der Waals surface area contributed by atoms with Crippen molar-refractivity contribution in [3.8, 4) is 0 Å². The highest BCUT2D eigenvalue weighted by atomic mass is 16.4. The van der Waals surface area contributed by atoms with Crippen LogP contribution >= 0.6 is 0 Å². The van der Waals surface area contributed by atoms with Gasteiger partial charge in [-0.05, 0) is 44.9 Å². The van der Waals surface area contributed by atoms with E-state index in [0.29, 0.717) is 19.4 Å². The number of carboxylic acids is 1. The molecule has 3 rings (SSSR count). The third kappa shape index (κ3) is 3.82. The molecule has 0 aromatic carbocycles. The van der Waals surface area contributed by atoms with Crippen LogP contribution in [0.15, 0.2) is 0 Å². The van der Waals surface area contributed by atoms with Crippen LogP contribution in [0.25, 0.3) is 0 Å². The van der Waals surface area contributed by atoms with Crippen LogP contribution < -0.4 is 5.32 Å². The van der Waals surface area contributed by atoms with E-state index in [-0.39, 0.29) is 29.8 Å². The molecule has 3 atom stereocenters. The van der Waals surface area contributed by atoms with Gasteiger partial charge in [-0.2, -0.15) is 0 Å². The maximum Gasteiger partial charge on any atom is 0.320 e. The normalized spacial score (nSPS) is 30.4. The number of piperidine rings is 1. The lowest BCUT2D eigenvalue weighted by atomic mass is 9.96. The van der Waals surface area contributed by atoms with E-state index in [1.165, 1.54) is 0 Å². The fourth-order valence-corrected chi connectivity index (χ4v) is 4.13. The Morgan fingerprint density at radius 3 is 2.25 bits per heavy atom. The number of hydrogen-bond donors (Lipinski definition) is 2. The molecule has 7 nitrogen and oxygen atoms in total. The third-order valence-corrected chi connectivity index (χ3v) is 5.57. The predicted octanol–water partition coefficient (Wildman–Crippen LogP) is 1.28. The minimum Gasteiger partial charge on any atom is -0.481 e. The topological polar surface area (TPSA) is 90.0 Å². The van der Waals surface area contributed by atoms with Crippen LogP contribution in [0.2, 0.25) is 0 Å². The molecule has 2 heterocycles. The number of carboxylic acid groups (broad SMARTS) is 1. The molecule has 0 radical (unpaired) electrons. The second-order valence-corrected chi connectivity index (χ2v) is 7.32. The van der Waals surface area contributed by atoms with E-state index >= 15 is 0 Å². The Morgan fingerprint density at radius 1 is 0.875 bits per heavy atom. The molecule has 3 amide bonds. The van der Waals surface area contributed by atoms with Crippen LogP contribution in [0, 0.1) is 11.8 Å².